The second-order valence-electron chi connectivity index (χ2n) is 4.33. The number of ether oxygens (including phenoxy) is 1. The summed E-state index contributed by atoms with van der Waals surface area (Å²) in [5.41, 5.74) is 0. The lowest BCUT2D eigenvalue weighted by atomic mass is 9.85. The standard InChI is InChI=1S/C12H23NO2/c1-3-15-12(14)11(13-2)9-10-7-5-4-6-8-10/h10-11,13H,3-9H2,1-2H3. The molecule has 88 valence electrons. The van der Waals surface area contributed by atoms with E-state index < -0.39 is 0 Å². The first-order valence-corrected chi connectivity index (χ1v) is 6.11. The van der Waals surface area contributed by atoms with E-state index in [0.717, 1.165) is 6.42 Å². The van der Waals surface area contributed by atoms with Gasteiger partial charge in [-0.3, -0.25) is 4.79 Å². The Hall–Kier alpha value is -0.570. The van der Waals surface area contributed by atoms with E-state index in [2.05, 4.69) is 5.32 Å². The molecule has 1 atom stereocenters. The van der Waals surface area contributed by atoms with Crippen LogP contribution in [0.25, 0.3) is 0 Å². The highest BCUT2D eigenvalue weighted by Gasteiger charge is 2.23. The Morgan fingerprint density at radius 2 is 2.07 bits per heavy atom. The normalized spacial score (nSPS) is 19.9. The summed E-state index contributed by atoms with van der Waals surface area (Å²) in [6.45, 7) is 2.33. The summed E-state index contributed by atoms with van der Waals surface area (Å²) in [6.07, 6.45) is 7.50. The predicted octanol–water partition coefficient (Wildman–Crippen LogP) is 2.11. The van der Waals surface area contributed by atoms with Crippen molar-refractivity contribution in [2.75, 3.05) is 13.7 Å². The van der Waals surface area contributed by atoms with E-state index in [1.807, 2.05) is 14.0 Å². The van der Waals surface area contributed by atoms with Crippen LogP contribution in [-0.4, -0.2) is 25.7 Å². The number of likely N-dealkylation sites (N-methyl/N-ethyl adjacent to an activating group) is 1. The van der Waals surface area contributed by atoms with Crippen molar-refractivity contribution in [1.82, 2.24) is 5.32 Å². The lowest BCUT2D eigenvalue weighted by molar-refractivity contribution is -0.146. The summed E-state index contributed by atoms with van der Waals surface area (Å²) in [6, 6.07) is -0.104. The van der Waals surface area contributed by atoms with Crippen LogP contribution in [0.2, 0.25) is 0 Å². The molecule has 3 nitrogen and oxygen atoms in total. The van der Waals surface area contributed by atoms with Crippen LogP contribution in [0.1, 0.15) is 45.4 Å². The van der Waals surface area contributed by atoms with Crippen LogP contribution in [0.3, 0.4) is 0 Å². The van der Waals surface area contributed by atoms with Crippen LogP contribution in [0.5, 0.6) is 0 Å². The van der Waals surface area contributed by atoms with E-state index in [-0.39, 0.29) is 12.0 Å². The fraction of sp³-hybridized carbons (Fsp3) is 0.917. The molecule has 0 aromatic rings. The summed E-state index contributed by atoms with van der Waals surface area (Å²) in [5, 5.41) is 3.06. The topological polar surface area (TPSA) is 38.3 Å². The number of rotatable bonds is 5. The van der Waals surface area contributed by atoms with E-state index >= 15 is 0 Å². The third-order valence-corrected chi connectivity index (χ3v) is 3.21. The highest BCUT2D eigenvalue weighted by Crippen LogP contribution is 2.27. The number of hydrogen-bond donors (Lipinski definition) is 1. The number of carbonyl (C=O) groups is 1. The molecule has 0 heterocycles. The average Bonchev–Trinajstić information content (AvgIpc) is 2.27. The number of hydrogen-bond acceptors (Lipinski definition) is 3. The van der Waals surface area contributed by atoms with Crippen LogP contribution in [0, 0.1) is 5.92 Å². The average molecular weight is 213 g/mol. The quantitative estimate of drug-likeness (QED) is 0.711. The SMILES string of the molecule is CCOC(=O)C(CC1CCCCC1)NC. The van der Waals surface area contributed by atoms with Gasteiger partial charge in [0.1, 0.15) is 6.04 Å². The molecule has 0 radical (unpaired) electrons. The molecule has 1 aliphatic carbocycles. The van der Waals surface area contributed by atoms with Gasteiger partial charge < -0.3 is 10.1 Å². The highest BCUT2D eigenvalue weighted by atomic mass is 16.5. The van der Waals surface area contributed by atoms with E-state index in [1.54, 1.807) is 0 Å². The third kappa shape index (κ3) is 4.20. The van der Waals surface area contributed by atoms with Gasteiger partial charge in [0.05, 0.1) is 6.61 Å². The molecule has 1 N–H and O–H groups in total. The maximum Gasteiger partial charge on any atom is 0.323 e. The molecule has 1 unspecified atom stereocenters. The van der Waals surface area contributed by atoms with Crippen molar-refractivity contribution in [3.05, 3.63) is 0 Å². The minimum Gasteiger partial charge on any atom is -0.465 e. The second-order valence-corrected chi connectivity index (χ2v) is 4.33. The van der Waals surface area contributed by atoms with E-state index in [1.165, 1.54) is 32.1 Å². The Labute approximate surface area is 92.6 Å². The summed E-state index contributed by atoms with van der Waals surface area (Å²) in [5.74, 6) is 0.617. The Bertz CT molecular complexity index is 188. The molecule has 1 saturated carbocycles. The molecule has 0 aliphatic heterocycles. The van der Waals surface area contributed by atoms with Gasteiger partial charge >= 0.3 is 5.97 Å². The van der Waals surface area contributed by atoms with Crippen molar-refractivity contribution < 1.29 is 9.53 Å². The van der Waals surface area contributed by atoms with Crippen molar-refractivity contribution >= 4 is 5.97 Å². The minimum absolute atomic E-state index is 0.0921. The summed E-state index contributed by atoms with van der Waals surface area (Å²) < 4.78 is 5.04. The molecule has 0 bridgehead atoms. The highest BCUT2D eigenvalue weighted by molar-refractivity contribution is 5.75. The minimum atomic E-state index is -0.104. The molecule has 0 saturated heterocycles. The first kappa shape index (κ1) is 12.5. The van der Waals surface area contributed by atoms with Crippen LogP contribution in [0.15, 0.2) is 0 Å². The van der Waals surface area contributed by atoms with E-state index in [9.17, 15) is 4.79 Å². The fourth-order valence-corrected chi connectivity index (χ4v) is 2.33. The van der Waals surface area contributed by atoms with Gasteiger partial charge in [-0.1, -0.05) is 32.1 Å². The van der Waals surface area contributed by atoms with Crippen LogP contribution < -0.4 is 5.32 Å². The lowest BCUT2D eigenvalue weighted by Crippen LogP contribution is -2.37. The molecule has 0 amide bonds. The molecule has 15 heavy (non-hydrogen) atoms. The molecular weight excluding hydrogens is 190 g/mol. The molecule has 1 fully saturated rings. The summed E-state index contributed by atoms with van der Waals surface area (Å²) >= 11 is 0. The predicted molar refractivity (Wildman–Crippen MR) is 60.7 cm³/mol. The Balaban J connectivity index is 2.34. The largest absolute Gasteiger partial charge is 0.465 e. The maximum absolute atomic E-state index is 11.6. The first-order valence-electron chi connectivity index (χ1n) is 6.11. The molecule has 0 aromatic carbocycles. The van der Waals surface area contributed by atoms with Gasteiger partial charge in [0.25, 0.3) is 0 Å². The first-order chi connectivity index (χ1) is 7.27. The molecule has 0 aromatic heterocycles. The second kappa shape index (κ2) is 6.83. The van der Waals surface area contributed by atoms with Crippen molar-refractivity contribution in [2.24, 2.45) is 5.92 Å². The third-order valence-electron chi connectivity index (χ3n) is 3.21. The van der Waals surface area contributed by atoms with E-state index in [4.69, 9.17) is 4.74 Å². The van der Waals surface area contributed by atoms with Gasteiger partial charge in [-0.05, 0) is 26.3 Å². The Morgan fingerprint density at radius 1 is 1.40 bits per heavy atom. The van der Waals surface area contributed by atoms with Gasteiger partial charge in [-0.2, -0.15) is 0 Å². The number of carbonyl (C=O) groups excluding carboxylic acids is 1. The molecule has 0 spiro atoms. The smallest absolute Gasteiger partial charge is 0.323 e. The van der Waals surface area contributed by atoms with E-state index in [0.29, 0.717) is 12.5 Å². The van der Waals surface area contributed by atoms with Gasteiger partial charge in [-0.25, -0.2) is 0 Å². The Morgan fingerprint density at radius 3 is 2.60 bits per heavy atom. The van der Waals surface area contributed by atoms with Gasteiger partial charge in [0.2, 0.25) is 0 Å². The van der Waals surface area contributed by atoms with Gasteiger partial charge in [0.15, 0.2) is 0 Å². The van der Waals surface area contributed by atoms with Crippen molar-refractivity contribution in [1.29, 1.82) is 0 Å². The molecular formula is C12H23NO2. The van der Waals surface area contributed by atoms with Crippen molar-refractivity contribution in [3.8, 4) is 0 Å². The Kier molecular flexibility index (Phi) is 5.69. The number of esters is 1. The van der Waals surface area contributed by atoms with Crippen LogP contribution in [-0.2, 0) is 9.53 Å². The summed E-state index contributed by atoms with van der Waals surface area (Å²) in [7, 11) is 1.84. The zero-order valence-electron chi connectivity index (χ0n) is 9.92. The summed E-state index contributed by atoms with van der Waals surface area (Å²) in [4.78, 5) is 11.6. The molecule has 1 aliphatic rings. The molecule has 3 heteroatoms. The van der Waals surface area contributed by atoms with Crippen LogP contribution >= 0.6 is 0 Å². The zero-order chi connectivity index (χ0) is 11.1. The monoisotopic (exact) mass is 213 g/mol. The number of nitrogens with one attached hydrogen (secondary N) is 1. The zero-order valence-corrected chi connectivity index (χ0v) is 9.92. The van der Waals surface area contributed by atoms with Crippen molar-refractivity contribution in [2.45, 2.75) is 51.5 Å². The van der Waals surface area contributed by atoms with Gasteiger partial charge in [-0.15, -0.1) is 0 Å². The van der Waals surface area contributed by atoms with Gasteiger partial charge in [0, 0.05) is 0 Å². The van der Waals surface area contributed by atoms with Crippen molar-refractivity contribution in [3.63, 3.8) is 0 Å². The molecule has 1 rings (SSSR count). The van der Waals surface area contributed by atoms with Crippen LogP contribution in [0.4, 0.5) is 0 Å². The fourth-order valence-electron chi connectivity index (χ4n) is 2.33. The maximum atomic E-state index is 11.6. The lowest BCUT2D eigenvalue weighted by Gasteiger charge is -2.25.